The average molecular weight is 494 g/mol. The van der Waals surface area contributed by atoms with E-state index in [0.717, 1.165) is 4.90 Å². The second-order valence-corrected chi connectivity index (χ2v) is 8.66. The van der Waals surface area contributed by atoms with E-state index in [4.69, 9.17) is 5.73 Å². The minimum Gasteiger partial charge on any atom is -0.369 e. The predicted molar refractivity (Wildman–Crippen MR) is 136 cm³/mol. The lowest BCUT2D eigenvalue weighted by Gasteiger charge is -2.27. The molecule has 1 aromatic heterocycles. The summed E-state index contributed by atoms with van der Waals surface area (Å²) in [5.74, 6) is -1.62. The second kappa shape index (κ2) is 10.4. The molecular weight excluding hydrogens is 465 g/mol. The number of nitrogens with zero attached hydrogens (tertiary/aromatic N) is 3. The maximum absolute atomic E-state index is 14.7. The maximum atomic E-state index is 14.7. The van der Waals surface area contributed by atoms with Crippen molar-refractivity contribution >= 4 is 41.1 Å². The number of hydrogen-bond acceptors (Lipinski definition) is 5. The Bertz CT molecular complexity index is 1410. The third-order valence-corrected chi connectivity index (χ3v) is 5.70. The van der Waals surface area contributed by atoms with Crippen molar-refractivity contribution in [2.45, 2.75) is 20.3 Å². The fourth-order valence-electron chi connectivity index (χ4n) is 3.90. The van der Waals surface area contributed by atoms with E-state index in [0.29, 0.717) is 23.2 Å². The molecule has 0 aliphatic heterocycles. The molecule has 36 heavy (non-hydrogen) atoms. The van der Waals surface area contributed by atoms with Crippen molar-refractivity contribution in [3.8, 4) is 0 Å². The number of pyridine rings is 1. The number of halogens is 1. The van der Waals surface area contributed by atoms with Crippen LogP contribution in [0.5, 0.6) is 0 Å². The van der Waals surface area contributed by atoms with Crippen molar-refractivity contribution in [1.29, 1.82) is 0 Å². The van der Waals surface area contributed by atoms with Crippen LogP contribution in [0.25, 0.3) is 0 Å². The number of hydrogen-bond donors (Lipinski definition) is 2. The van der Waals surface area contributed by atoms with Gasteiger partial charge >= 0.3 is 0 Å². The first-order valence-electron chi connectivity index (χ1n) is 11.1. The van der Waals surface area contributed by atoms with Gasteiger partial charge < -0.3 is 16.0 Å². The molecule has 3 N–H and O–H groups in total. The van der Waals surface area contributed by atoms with Crippen LogP contribution in [0.3, 0.4) is 0 Å². The minimum absolute atomic E-state index is 0.00743. The summed E-state index contributed by atoms with van der Waals surface area (Å²) in [6, 6.07) is 11.0. The third-order valence-electron chi connectivity index (χ3n) is 5.70. The molecule has 0 unspecified atom stereocenters. The summed E-state index contributed by atoms with van der Waals surface area (Å²) in [5, 5.41) is 2.89. The zero-order valence-corrected chi connectivity index (χ0v) is 20.8. The highest BCUT2D eigenvalue weighted by molar-refractivity contribution is 6.08. The molecule has 0 spiro atoms. The van der Waals surface area contributed by atoms with Crippen LogP contribution in [0.4, 0.5) is 27.3 Å². The van der Waals surface area contributed by atoms with Gasteiger partial charge in [-0.15, -0.1) is 0 Å². The normalized spacial score (nSPS) is 10.6. The van der Waals surface area contributed by atoms with E-state index in [1.54, 1.807) is 37.3 Å². The summed E-state index contributed by atoms with van der Waals surface area (Å²) in [6.07, 6.45) is 0.424. The molecule has 0 aliphatic rings. The Morgan fingerprint density at radius 1 is 1.14 bits per heavy atom. The summed E-state index contributed by atoms with van der Waals surface area (Å²) in [7, 11) is 4.52. The van der Waals surface area contributed by atoms with Crippen LogP contribution >= 0.6 is 0 Å². The van der Waals surface area contributed by atoms with Gasteiger partial charge in [-0.25, -0.2) is 4.39 Å². The van der Waals surface area contributed by atoms with Crippen LogP contribution in [-0.2, 0) is 23.1 Å². The highest BCUT2D eigenvalue weighted by atomic mass is 19.1. The molecule has 3 aromatic rings. The topological polar surface area (TPSA) is 118 Å². The van der Waals surface area contributed by atoms with Gasteiger partial charge in [0.2, 0.25) is 12.3 Å². The zero-order chi connectivity index (χ0) is 26.7. The first-order chi connectivity index (χ1) is 17.0. The Hall–Kier alpha value is -4.47. The predicted octanol–water partition coefficient (Wildman–Crippen LogP) is 2.91. The van der Waals surface area contributed by atoms with Crippen molar-refractivity contribution < 1.29 is 18.8 Å². The molecule has 3 amide bonds. The van der Waals surface area contributed by atoms with E-state index in [2.05, 4.69) is 5.32 Å². The summed E-state index contributed by atoms with van der Waals surface area (Å²) >= 11 is 0. The van der Waals surface area contributed by atoms with Crippen LogP contribution in [0.2, 0.25) is 0 Å². The standard InChI is InChI=1S/C26H28FN5O4/c1-15-9-10-20(19(27)11-15)29-24-22(26(36)30(3)4)23(16(2)25(35)31(24)5)32(14-33)18-8-6-7-17(12-18)13-21(28)34/h6-12,14,29H,13H2,1-5H3,(H2,28,34). The lowest BCUT2D eigenvalue weighted by atomic mass is 10.0. The number of nitrogens with one attached hydrogen (secondary N) is 1. The van der Waals surface area contributed by atoms with E-state index < -0.39 is 23.2 Å². The summed E-state index contributed by atoms with van der Waals surface area (Å²) in [4.78, 5) is 53.0. The molecular formula is C26H28FN5O4. The van der Waals surface area contributed by atoms with E-state index in [1.807, 2.05) is 0 Å². The quantitative estimate of drug-likeness (QED) is 0.468. The number of aryl methyl sites for hydroxylation is 1. The molecule has 0 radical (unpaired) electrons. The SMILES string of the molecule is Cc1ccc(Nc2c(C(=O)N(C)C)c(N(C=O)c3cccc(CC(N)=O)c3)c(C)c(=O)n2C)c(F)c1. The van der Waals surface area contributed by atoms with E-state index >= 15 is 0 Å². The molecule has 0 bridgehead atoms. The van der Waals surface area contributed by atoms with Gasteiger partial charge in [-0.3, -0.25) is 28.6 Å². The fourth-order valence-corrected chi connectivity index (χ4v) is 3.90. The van der Waals surface area contributed by atoms with Crippen LogP contribution in [0, 0.1) is 19.7 Å². The highest BCUT2D eigenvalue weighted by Crippen LogP contribution is 2.36. The Balaban J connectivity index is 2.34. The molecule has 0 saturated carbocycles. The lowest BCUT2D eigenvalue weighted by Crippen LogP contribution is -2.33. The van der Waals surface area contributed by atoms with Crippen molar-refractivity contribution in [3.63, 3.8) is 0 Å². The smallest absolute Gasteiger partial charge is 0.259 e. The van der Waals surface area contributed by atoms with Crippen molar-refractivity contribution in [3.05, 3.63) is 80.9 Å². The van der Waals surface area contributed by atoms with Gasteiger partial charge in [0.25, 0.3) is 11.5 Å². The van der Waals surface area contributed by atoms with Crippen molar-refractivity contribution in [1.82, 2.24) is 9.47 Å². The first-order valence-corrected chi connectivity index (χ1v) is 11.1. The van der Waals surface area contributed by atoms with Crippen molar-refractivity contribution in [2.24, 2.45) is 12.8 Å². The molecule has 0 aliphatic carbocycles. The second-order valence-electron chi connectivity index (χ2n) is 8.66. The van der Waals surface area contributed by atoms with Gasteiger partial charge in [-0.1, -0.05) is 18.2 Å². The number of benzene rings is 2. The van der Waals surface area contributed by atoms with Gasteiger partial charge in [0.1, 0.15) is 17.2 Å². The number of rotatable bonds is 8. The summed E-state index contributed by atoms with van der Waals surface area (Å²) < 4.78 is 15.9. The molecule has 0 saturated heterocycles. The Morgan fingerprint density at radius 3 is 2.42 bits per heavy atom. The fraction of sp³-hybridized carbons (Fsp3) is 0.231. The van der Waals surface area contributed by atoms with Crippen LogP contribution in [-0.4, -0.2) is 41.8 Å². The van der Waals surface area contributed by atoms with E-state index in [1.165, 1.54) is 49.7 Å². The number of nitrogens with two attached hydrogens (primary N) is 1. The van der Waals surface area contributed by atoms with E-state index in [-0.39, 0.29) is 34.7 Å². The van der Waals surface area contributed by atoms with Gasteiger partial charge in [0.05, 0.1) is 17.8 Å². The average Bonchev–Trinajstić information content (AvgIpc) is 2.81. The Labute approximate surface area is 207 Å². The maximum Gasteiger partial charge on any atom is 0.259 e. The van der Waals surface area contributed by atoms with Gasteiger partial charge in [-0.2, -0.15) is 0 Å². The first kappa shape index (κ1) is 26.1. The number of primary amides is 1. The van der Waals surface area contributed by atoms with Gasteiger partial charge in [0.15, 0.2) is 0 Å². The highest BCUT2D eigenvalue weighted by Gasteiger charge is 2.29. The zero-order valence-electron chi connectivity index (χ0n) is 20.8. The number of carbonyl (C=O) groups excluding carboxylic acids is 3. The molecule has 1 heterocycles. The minimum atomic E-state index is -0.570. The molecule has 2 aromatic carbocycles. The largest absolute Gasteiger partial charge is 0.369 e. The number of aromatic nitrogens is 1. The third kappa shape index (κ3) is 5.12. The molecule has 10 heteroatoms. The Kier molecular flexibility index (Phi) is 7.57. The number of carbonyl (C=O) groups is 3. The molecule has 0 fully saturated rings. The summed E-state index contributed by atoms with van der Waals surface area (Å²) in [6.45, 7) is 3.24. The van der Waals surface area contributed by atoms with Crippen LogP contribution < -0.4 is 21.5 Å². The molecule has 188 valence electrons. The van der Waals surface area contributed by atoms with Gasteiger partial charge in [-0.05, 0) is 49.2 Å². The van der Waals surface area contributed by atoms with E-state index in [9.17, 15) is 23.6 Å². The number of anilines is 4. The van der Waals surface area contributed by atoms with Crippen LogP contribution in [0.1, 0.15) is 27.0 Å². The Morgan fingerprint density at radius 2 is 1.83 bits per heavy atom. The monoisotopic (exact) mass is 493 g/mol. The summed E-state index contributed by atoms with van der Waals surface area (Å²) in [5.41, 5.74) is 6.61. The van der Waals surface area contributed by atoms with Crippen molar-refractivity contribution in [2.75, 3.05) is 24.3 Å². The molecule has 3 rings (SSSR count). The van der Waals surface area contributed by atoms with Gasteiger partial charge in [0, 0.05) is 32.4 Å². The number of amides is 3. The van der Waals surface area contributed by atoms with Crippen LogP contribution in [0.15, 0.2) is 47.3 Å². The lowest BCUT2D eigenvalue weighted by molar-refractivity contribution is -0.117. The molecule has 9 nitrogen and oxygen atoms in total. The molecule has 0 atom stereocenters.